The number of benzene rings is 1. The molecular weight excluding hydrogens is 259 g/mol. The van der Waals surface area contributed by atoms with Gasteiger partial charge in [-0.1, -0.05) is 0 Å². The zero-order valence-electron chi connectivity index (χ0n) is 9.69. The molecule has 0 radical (unpaired) electrons. The Hall–Kier alpha value is -2.31. The molecule has 0 amide bonds. The maximum Gasteiger partial charge on any atom is 0.416 e. The summed E-state index contributed by atoms with van der Waals surface area (Å²) < 4.78 is 42.3. The summed E-state index contributed by atoms with van der Waals surface area (Å²) in [5.41, 5.74) is 4.74. The monoisotopic (exact) mass is 269 g/mol. The highest BCUT2D eigenvalue weighted by atomic mass is 19.4. The molecular formula is C12H10F3N3O. The van der Waals surface area contributed by atoms with Crippen LogP contribution in [0.2, 0.25) is 0 Å². The predicted octanol–water partition coefficient (Wildman–Crippen LogP) is 2.66. The van der Waals surface area contributed by atoms with Crippen LogP contribution in [0.5, 0.6) is 5.75 Å². The van der Waals surface area contributed by atoms with Crippen molar-refractivity contribution in [3.63, 3.8) is 0 Å². The summed E-state index contributed by atoms with van der Waals surface area (Å²) in [5, 5.41) is 0. The van der Waals surface area contributed by atoms with Crippen molar-refractivity contribution in [2.24, 2.45) is 0 Å². The molecule has 19 heavy (non-hydrogen) atoms. The zero-order valence-corrected chi connectivity index (χ0v) is 9.69. The fourth-order valence-corrected chi connectivity index (χ4v) is 1.37. The number of nitrogens with zero attached hydrogens (tertiary/aromatic N) is 2. The molecule has 0 saturated carbocycles. The molecule has 2 aromatic rings. The first kappa shape index (κ1) is 13.1. The molecule has 1 aromatic heterocycles. The first-order chi connectivity index (χ1) is 8.95. The van der Waals surface area contributed by atoms with Crippen LogP contribution in [0.25, 0.3) is 0 Å². The van der Waals surface area contributed by atoms with Gasteiger partial charge in [-0.05, 0) is 30.3 Å². The highest BCUT2D eigenvalue weighted by molar-refractivity contribution is 5.29. The van der Waals surface area contributed by atoms with Crippen molar-refractivity contribution in [3.05, 3.63) is 47.9 Å². The Labute approximate surface area is 107 Å². The van der Waals surface area contributed by atoms with Gasteiger partial charge in [0, 0.05) is 6.20 Å². The Kier molecular flexibility index (Phi) is 3.55. The first-order valence-corrected chi connectivity index (χ1v) is 5.32. The maximum absolute atomic E-state index is 12.3. The summed E-state index contributed by atoms with van der Waals surface area (Å²) in [6.07, 6.45) is -2.87. The molecule has 0 aliphatic rings. The number of ether oxygens (including phenoxy) is 1. The molecule has 2 rings (SSSR count). The van der Waals surface area contributed by atoms with Crippen LogP contribution in [-0.4, -0.2) is 9.97 Å². The van der Waals surface area contributed by atoms with E-state index in [4.69, 9.17) is 10.5 Å². The van der Waals surface area contributed by atoms with Gasteiger partial charge in [0.2, 0.25) is 0 Å². The highest BCUT2D eigenvalue weighted by Crippen LogP contribution is 2.30. The summed E-state index contributed by atoms with van der Waals surface area (Å²) in [6, 6.07) is 5.93. The number of hydrogen-bond donors (Lipinski definition) is 1. The molecule has 0 saturated heterocycles. The van der Waals surface area contributed by atoms with Crippen LogP contribution < -0.4 is 10.5 Å². The normalized spacial score (nSPS) is 11.3. The van der Waals surface area contributed by atoms with Crippen LogP contribution in [0.15, 0.2) is 36.5 Å². The van der Waals surface area contributed by atoms with Gasteiger partial charge >= 0.3 is 6.18 Å². The Morgan fingerprint density at radius 2 is 1.79 bits per heavy atom. The number of nitrogen functional groups attached to an aromatic ring is 1. The number of anilines is 1. The van der Waals surface area contributed by atoms with Crippen molar-refractivity contribution in [3.8, 4) is 5.75 Å². The van der Waals surface area contributed by atoms with E-state index in [0.717, 1.165) is 12.1 Å². The van der Waals surface area contributed by atoms with E-state index < -0.39 is 11.7 Å². The van der Waals surface area contributed by atoms with Gasteiger partial charge in [0.15, 0.2) is 5.82 Å². The average molecular weight is 269 g/mol. The lowest BCUT2D eigenvalue weighted by molar-refractivity contribution is -0.137. The number of rotatable bonds is 3. The Balaban J connectivity index is 2.01. The van der Waals surface area contributed by atoms with Crippen molar-refractivity contribution >= 4 is 5.82 Å². The molecule has 4 nitrogen and oxygen atoms in total. The van der Waals surface area contributed by atoms with Gasteiger partial charge in [-0.15, -0.1) is 0 Å². The standard InChI is InChI=1S/C12H10F3N3O/c13-12(14,15)8-1-3-9(4-2-8)19-7-11-17-6-5-10(16)18-11/h1-6H,7H2,(H2,16,17,18). The topological polar surface area (TPSA) is 61.0 Å². The van der Waals surface area contributed by atoms with Crippen LogP contribution in [0.1, 0.15) is 11.4 Å². The lowest BCUT2D eigenvalue weighted by Crippen LogP contribution is -2.05. The van der Waals surface area contributed by atoms with Crippen molar-refractivity contribution in [1.82, 2.24) is 9.97 Å². The van der Waals surface area contributed by atoms with E-state index in [0.29, 0.717) is 17.4 Å². The third kappa shape index (κ3) is 3.57. The molecule has 0 atom stereocenters. The van der Waals surface area contributed by atoms with Gasteiger partial charge in [0.05, 0.1) is 5.56 Å². The van der Waals surface area contributed by atoms with E-state index in [1.807, 2.05) is 0 Å². The molecule has 0 aliphatic heterocycles. The van der Waals surface area contributed by atoms with E-state index in [2.05, 4.69) is 9.97 Å². The number of hydrogen-bond acceptors (Lipinski definition) is 4. The van der Waals surface area contributed by atoms with Gasteiger partial charge < -0.3 is 10.5 Å². The van der Waals surface area contributed by atoms with Crippen LogP contribution in [0, 0.1) is 0 Å². The maximum atomic E-state index is 12.3. The molecule has 7 heteroatoms. The minimum Gasteiger partial charge on any atom is -0.486 e. The number of halogens is 3. The summed E-state index contributed by atoms with van der Waals surface area (Å²) in [7, 11) is 0. The molecule has 0 fully saturated rings. The second-order valence-corrected chi connectivity index (χ2v) is 3.71. The predicted molar refractivity (Wildman–Crippen MR) is 62.2 cm³/mol. The van der Waals surface area contributed by atoms with E-state index in [1.165, 1.54) is 24.4 Å². The molecule has 0 bridgehead atoms. The highest BCUT2D eigenvalue weighted by Gasteiger charge is 2.29. The zero-order chi connectivity index (χ0) is 13.9. The summed E-state index contributed by atoms with van der Waals surface area (Å²) in [6.45, 7) is 0.0381. The fourth-order valence-electron chi connectivity index (χ4n) is 1.37. The van der Waals surface area contributed by atoms with Crippen molar-refractivity contribution < 1.29 is 17.9 Å². The van der Waals surface area contributed by atoms with Crippen LogP contribution in [-0.2, 0) is 12.8 Å². The van der Waals surface area contributed by atoms with Crippen molar-refractivity contribution in [1.29, 1.82) is 0 Å². The average Bonchev–Trinajstić information content (AvgIpc) is 2.36. The Bertz CT molecular complexity index is 555. The molecule has 1 aromatic carbocycles. The molecule has 1 heterocycles. The Morgan fingerprint density at radius 1 is 1.11 bits per heavy atom. The van der Waals surface area contributed by atoms with E-state index >= 15 is 0 Å². The SMILES string of the molecule is Nc1ccnc(COc2ccc(C(F)(F)F)cc2)n1. The quantitative estimate of drug-likeness (QED) is 0.930. The summed E-state index contributed by atoms with van der Waals surface area (Å²) >= 11 is 0. The third-order valence-corrected chi connectivity index (χ3v) is 2.28. The minimum absolute atomic E-state index is 0.0381. The van der Waals surface area contributed by atoms with Gasteiger partial charge in [-0.2, -0.15) is 13.2 Å². The summed E-state index contributed by atoms with van der Waals surface area (Å²) in [4.78, 5) is 7.82. The van der Waals surface area contributed by atoms with Crippen molar-refractivity contribution in [2.75, 3.05) is 5.73 Å². The third-order valence-electron chi connectivity index (χ3n) is 2.28. The van der Waals surface area contributed by atoms with E-state index in [1.54, 1.807) is 0 Å². The lowest BCUT2D eigenvalue weighted by Gasteiger charge is -2.08. The van der Waals surface area contributed by atoms with Crippen LogP contribution in [0.4, 0.5) is 19.0 Å². The second-order valence-electron chi connectivity index (χ2n) is 3.71. The van der Waals surface area contributed by atoms with Crippen LogP contribution in [0.3, 0.4) is 0 Å². The van der Waals surface area contributed by atoms with E-state index in [9.17, 15) is 13.2 Å². The largest absolute Gasteiger partial charge is 0.486 e. The molecule has 0 unspecified atom stereocenters. The van der Waals surface area contributed by atoms with Gasteiger partial charge in [-0.25, -0.2) is 9.97 Å². The van der Waals surface area contributed by atoms with Gasteiger partial charge in [-0.3, -0.25) is 0 Å². The summed E-state index contributed by atoms with van der Waals surface area (Å²) in [5.74, 6) is 0.972. The number of aromatic nitrogens is 2. The smallest absolute Gasteiger partial charge is 0.416 e. The van der Waals surface area contributed by atoms with Crippen molar-refractivity contribution in [2.45, 2.75) is 12.8 Å². The number of nitrogens with two attached hydrogens (primary N) is 1. The fraction of sp³-hybridized carbons (Fsp3) is 0.167. The minimum atomic E-state index is -4.35. The molecule has 2 N–H and O–H groups in total. The second kappa shape index (κ2) is 5.13. The van der Waals surface area contributed by atoms with E-state index in [-0.39, 0.29) is 6.61 Å². The number of alkyl halides is 3. The Morgan fingerprint density at radius 3 is 2.37 bits per heavy atom. The van der Waals surface area contributed by atoms with Gasteiger partial charge in [0.25, 0.3) is 0 Å². The first-order valence-electron chi connectivity index (χ1n) is 5.32. The van der Waals surface area contributed by atoms with Gasteiger partial charge in [0.1, 0.15) is 18.2 Å². The van der Waals surface area contributed by atoms with Crippen LogP contribution >= 0.6 is 0 Å². The molecule has 0 spiro atoms. The molecule has 0 aliphatic carbocycles. The lowest BCUT2D eigenvalue weighted by atomic mass is 10.2. The molecule has 100 valence electrons.